The van der Waals surface area contributed by atoms with Crippen LogP contribution in [0.1, 0.15) is 42.8 Å². The summed E-state index contributed by atoms with van der Waals surface area (Å²) in [6, 6.07) is 22.7. The highest BCUT2D eigenvalue weighted by Gasteiger charge is 2.35. The fraction of sp³-hybridized carbons (Fsp3) is 0.276. The van der Waals surface area contributed by atoms with Gasteiger partial charge in [-0.1, -0.05) is 60.2 Å². The number of hydrogen-bond donors (Lipinski definition) is 1. The van der Waals surface area contributed by atoms with Gasteiger partial charge in [-0.25, -0.2) is 0 Å². The minimum Gasteiger partial charge on any atom is -0.497 e. The maximum atomic E-state index is 10.8. The monoisotopic (exact) mass is 508 g/mol. The summed E-state index contributed by atoms with van der Waals surface area (Å²) in [6.07, 6.45) is 4.18. The first-order valence-corrected chi connectivity index (χ1v) is 12.2. The molecule has 3 aromatic rings. The largest absolute Gasteiger partial charge is 0.497 e. The van der Waals surface area contributed by atoms with E-state index in [-0.39, 0.29) is 18.4 Å². The second-order valence-corrected chi connectivity index (χ2v) is 8.87. The topological polar surface area (TPSA) is 74.2 Å². The number of allylic oxidation sites excluding steroid dienone is 2. The Kier molecular flexibility index (Phi) is 9.01. The lowest BCUT2D eigenvalue weighted by Gasteiger charge is -2.37. The average Bonchev–Trinajstić information content (AvgIpc) is 2.89. The molecule has 7 heteroatoms. The van der Waals surface area contributed by atoms with Crippen molar-refractivity contribution >= 4 is 17.6 Å². The van der Waals surface area contributed by atoms with E-state index in [9.17, 15) is 4.79 Å². The van der Waals surface area contributed by atoms with Gasteiger partial charge >= 0.3 is 5.97 Å². The second-order valence-electron chi connectivity index (χ2n) is 8.46. The van der Waals surface area contributed by atoms with Gasteiger partial charge in [0.15, 0.2) is 6.29 Å². The van der Waals surface area contributed by atoms with E-state index in [1.165, 1.54) is 0 Å². The summed E-state index contributed by atoms with van der Waals surface area (Å²) in [5.41, 5.74) is 1.67. The smallest absolute Gasteiger partial charge is 0.303 e. The molecular formula is C29H29ClO6. The van der Waals surface area contributed by atoms with Gasteiger partial charge in [0.1, 0.15) is 17.2 Å². The molecule has 0 bridgehead atoms. The Labute approximate surface area is 216 Å². The third kappa shape index (κ3) is 6.66. The minimum atomic E-state index is -0.811. The van der Waals surface area contributed by atoms with Gasteiger partial charge < -0.3 is 24.1 Å². The molecule has 1 aliphatic heterocycles. The fourth-order valence-electron chi connectivity index (χ4n) is 4.11. The first-order valence-electron chi connectivity index (χ1n) is 11.8. The predicted molar refractivity (Wildman–Crippen MR) is 138 cm³/mol. The van der Waals surface area contributed by atoms with Crippen LogP contribution in [0.5, 0.6) is 17.2 Å². The van der Waals surface area contributed by atoms with Crippen molar-refractivity contribution in [2.75, 3.05) is 13.7 Å². The Morgan fingerprint density at radius 1 is 1.00 bits per heavy atom. The third-order valence-corrected chi connectivity index (χ3v) is 6.31. The summed E-state index contributed by atoms with van der Waals surface area (Å²) in [6.45, 7) is 0.445. The van der Waals surface area contributed by atoms with Gasteiger partial charge in [-0.2, -0.15) is 0 Å². The lowest BCUT2D eigenvalue weighted by atomic mass is 9.91. The van der Waals surface area contributed by atoms with Gasteiger partial charge in [0.2, 0.25) is 0 Å². The Hall–Kier alpha value is -3.32. The Bertz CT molecular complexity index is 1180. The lowest BCUT2D eigenvalue weighted by Crippen LogP contribution is -2.30. The second kappa shape index (κ2) is 12.6. The molecule has 1 saturated heterocycles. The Balaban J connectivity index is 1.60. The molecule has 0 spiro atoms. The molecular weight excluding hydrogens is 480 g/mol. The molecule has 6 nitrogen and oxygen atoms in total. The van der Waals surface area contributed by atoms with Crippen molar-refractivity contribution in [2.45, 2.75) is 31.7 Å². The number of aliphatic carboxylic acids is 1. The van der Waals surface area contributed by atoms with Crippen molar-refractivity contribution in [1.29, 1.82) is 0 Å². The van der Waals surface area contributed by atoms with Crippen molar-refractivity contribution in [2.24, 2.45) is 5.92 Å². The zero-order valence-corrected chi connectivity index (χ0v) is 20.8. The van der Waals surface area contributed by atoms with E-state index in [0.717, 1.165) is 16.9 Å². The number of carbonyl (C=O) groups is 1. The number of carboxylic acid groups (broad SMARTS) is 1. The molecule has 188 valence electrons. The molecule has 4 rings (SSSR count). The van der Waals surface area contributed by atoms with E-state index in [1.807, 2.05) is 84.9 Å². The molecule has 0 radical (unpaired) electrons. The van der Waals surface area contributed by atoms with Gasteiger partial charge in [0.05, 0.1) is 19.8 Å². The highest BCUT2D eigenvalue weighted by atomic mass is 35.5. The van der Waals surface area contributed by atoms with E-state index in [0.29, 0.717) is 36.0 Å². The van der Waals surface area contributed by atoms with E-state index < -0.39 is 12.3 Å². The molecule has 3 aromatic carbocycles. The number of halogens is 1. The summed E-state index contributed by atoms with van der Waals surface area (Å²) in [7, 11) is 1.62. The van der Waals surface area contributed by atoms with Gasteiger partial charge in [0.25, 0.3) is 0 Å². The molecule has 1 heterocycles. The molecule has 1 fully saturated rings. The Morgan fingerprint density at radius 2 is 1.69 bits per heavy atom. The van der Waals surface area contributed by atoms with Crippen LogP contribution < -0.4 is 9.47 Å². The summed E-state index contributed by atoms with van der Waals surface area (Å²) in [5.74, 6) is 1.30. The van der Waals surface area contributed by atoms with Crippen molar-refractivity contribution < 1.29 is 28.8 Å². The van der Waals surface area contributed by atoms with Crippen LogP contribution in [0.4, 0.5) is 0 Å². The molecule has 0 aromatic heterocycles. The molecule has 0 aliphatic carbocycles. The van der Waals surface area contributed by atoms with Gasteiger partial charge in [-0.05, 0) is 49.2 Å². The highest BCUT2D eigenvalue weighted by Crippen LogP contribution is 2.44. The summed E-state index contributed by atoms with van der Waals surface area (Å²) < 4.78 is 24.1. The van der Waals surface area contributed by atoms with Crippen LogP contribution in [0.25, 0.3) is 0 Å². The predicted octanol–water partition coefficient (Wildman–Crippen LogP) is 7.35. The summed E-state index contributed by atoms with van der Waals surface area (Å²) in [5, 5.41) is 9.47. The van der Waals surface area contributed by atoms with Crippen molar-refractivity contribution in [3.8, 4) is 17.2 Å². The van der Waals surface area contributed by atoms with Crippen molar-refractivity contribution in [1.82, 2.24) is 0 Å². The molecule has 1 aliphatic rings. The van der Waals surface area contributed by atoms with E-state index >= 15 is 0 Å². The summed E-state index contributed by atoms with van der Waals surface area (Å²) in [4.78, 5) is 10.8. The van der Waals surface area contributed by atoms with E-state index in [4.69, 9.17) is 35.7 Å². The first kappa shape index (κ1) is 25.8. The molecule has 0 saturated carbocycles. The third-order valence-electron chi connectivity index (χ3n) is 5.96. The lowest BCUT2D eigenvalue weighted by molar-refractivity contribution is -0.244. The van der Waals surface area contributed by atoms with Crippen LogP contribution in [-0.4, -0.2) is 24.8 Å². The van der Waals surface area contributed by atoms with Crippen LogP contribution in [0.3, 0.4) is 0 Å². The normalized spacial score (nSPS) is 19.8. The van der Waals surface area contributed by atoms with Gasteiger partial charge in [-0.3, -0.25) is 4.79 Å². The molecule has 3 unspecified atom stereocenters. The number of ether oxygens (including phenoxy) is 4. The number of hydrogen-bond acceptors (Lipinski definition) is 5. The maximum absolute atomic E-state index is 10.8. The molecule has 1 N–H and O–H groups in total. The maximum Gasteiger partial charge on any atom is 0.303 e. The van der Waals surface area contributed by atoms with Crippen LogP contribution in [0.2, 0.25) is 5.02 Å². The van der Waals surface area contributed by atoms with Crippen LogP contribution in [0.15, 0.2) is 84.9 Å². The number of rotatable bonds is 10. The first-order chi connectivity index (χ1) is 17.5. The number of carboxylic acids is 1. The van der Waals surface area contributed by atoms with Crippen molar-refractivity contribution in [3.63, 3.8) is 0 Å². The van der Waals surface area contributed by atoms with Gasteiger partial charge in [-0.15, -0.1) is 0 Å². The standard InChI is InChI=1S/C29H29ClO6/c1-33-21-15-17-22(18-16-21)35-26-13-8-6-11-24(26)28-20(9-3-2-4-14-27(31)32)19-34-29(36-28)23-10-5-7-12-25(23)30/h2-3,5-8,10-13,15-18,20,28-29H,4,9,14,19H2,1H3,(H,31,32)/b3-2-. The average molecular weight is 509 g/mol. The molecule has 0 amide bonds. The van der Waals surface area contributed by atoms with Crippen LogP contribution in [-0.2, 0) is 14.3 Å². The Morgan fingerprint density at radius 3 is 2.42 bits per heavy atom. The van der Waals surface area contributed by atoms with Crippen LogP contribution in [0, 0.1) is 5.92 Å². The van der Waals surface area contributed by atoms with Crippen molar-refractivity contribution in [3.05, 3.63) is 101 Å². The number of methoxy groups -OCH3 is 1. The quantitative estimate of drug-likeness (QED) is 0.288. The zero-order chi connectivity index (χ0) is 25.3. The highest BCUT2D eigenvalue weighted by molar-refractivity contribution is 6.31. The van der Waals surface area contributed by atoms with E-state index in [2.05, 4.69) is 0 Å². The molecule has 3 atom stereocenters. The summed E-state index contributed by atoms with van der Waals surface area (Å²) >= 11 is 6.44. The van der Waals surface area contributed by atoms with Gasteiger partial charge in [0, 0.05) is 28.5 Å². The number of benzene rings is 3. The van der Waals surface area contributed by atoms with Crippen LogP contribution >= 0.6 is 11.6 Å². The molecule has 36 heavy (non-hydrogen) atoms. The van der Waals surface area contributed by atoms with E-state index in [1.54, 1.807) is 7.11 Å². The fourth-order valence-corrected chi connectivity index (χ4v) is 4.33. The SMILES string of the molecule is COc1ccc(Oc2ccccc2C2OC(c3ccccc3Cl)OCC2C/C=C\CCC(=O)O)cc1. The zero-order valence-electron chi connectivity index (χ0n) is 20.0. The number of para-hydroxylation sites is 1. The minimum absolute atomic E-state index is 0.00886.